The van der Waals surface area contributed by atoms with Gasteiger partial charge in [-0.3, -0.25) is 0 Å². The molecule has 4 rings (SSSR count). The number of hydrogen-bond acceptors (Lipinski definition) is 2. The summed E-state index contributed by atoms with van der Waals surface area (Å²) in [7, 11) is 0. The van der Waals surface area contributed by atoms with Gasteiger partial charge in [0, 0.05) is 0 Å². The van der Waals surface area contributed by atoms with Crippen molar-refractivity contribution in [2.75, 3.05) is 6.61 Å². The molecule has 0 atom stereocenters. The second-order valence-corrected chi connectivity index (χ2v) is 14.3. The zero-order chi connectivity index (χ0) is 22.5. The maximum absolute atomic E-state index is 13.7. The van der Waals surface area contributed by atoms with Crippen LogP contribution in [0.3, 0.4) is 0 Å². The molecule has 0 bridgehead atoms. The summed E-state index contributed by atoms with van der Waals surface area (Å²) in [4.78, 5) is 0.837. The Hall–Kier alpha value is -2.59. The Morgan fingerprint density at radius 1 is 0.562 bits per heavy atom. The molecule has 0 N–H and O–H groups in total. The SMILES string of the molecule is FC(F)(F)COP(Sc1ccccc1)(c1ccccc1)(c1ccccc1)c1ccccc1. The summed E-state index contributed by atoms with van der Waals surface area (Å²) in [5, 5.41) is 2.19. The van der Waals surface area contributed by atoms with Gasteiger partial charge in [0.05, 0.1) is 0 Å². The summed E-state index contributed by atoms with van der Waals surface area (Å²) < 4.78 is 47.5. The molecule has 4 aromatic rings. The van der Waals surface area contributed by atoms with Gasteiger partial charge in [-0.15, -0.1) is 0 Å². The first-order chi connectivity index (χ1) is 15.4. The Kier molecular flexibility index (Phi) is 6.43. The van der Waals surface area contributed by atoms with Crippen molar-refractivity contribution >= 4 is 33.3 Å². The molecular weight excluding hydrogens is 448 g/mol. The van der Waals surface area contributed by atoms with Gasteiger partial charge in [-0.1, -0.05) is 0 Å². The van der Waals surface area contributed by atoms with Gasteiger partial charge in [0.15, 0.2) is 0 Å². The standard InChI is InChI=1S/C26H22F3OPS/c27-26(28,29)21-30-31(22-13-5-1-6-14-22,23-15-7-2-8-16-23,24-17-9-3-10-18-24)32-25-19-11-4-12-20-25/h1-20H,21H2. The molecule has 0 aliphatic heterocycles. The van der Waals surface area contributed by atoms with Crippen molar-refractivity contribution in [3.8, 4) is 0 Å². The first-order valence-electron chi connectivity index (χ1n) is 10.1. The van der Waals surface area contributed by atoms with Gasteiger partial charge in [-0.2, -0.15) is 0 Å². The summed E-state index contributed by atoms with van der Waals surface area (Å²) in [6, 6.07) is 33.3. The Bertz CT molecular complexity index is 1040. The van der Waals surface area contributed by atoms with Gasteiger partial charge < -0.3 is 0 Å². The molecule has 0 fully saturated rings. The molecule has 4 aromatic carbocycles. The van der Waals surface area contributed by atoms with E-state index in [1.54, 1.807) is 0 Å². The Morgan fingerprint density at radius 2 is 0.906 bits per heavy atom. The van der Waals surface area contributed by atoms with E-state index in [0.29, 0.717) is 0 Å². The average Bonchev–Trinajstić information content (AvgIpc) is 2.84. The van der Waals surface area contributed by atoms with Crippen molar-refractivity contribution in [1.29, 1.82) is 0 Å². The van der Waals surface area contributed by atoms with Crippen molar-refractivity contribution in [2.24, 2.45) is 0 Å². The van der Waals surface area contributed by atoms with Crippen molar-refractivity contribution in [3.63, 3.8) is 0 Å². The average molecular weight is 470 g/mol. The van der Waals surface area contributed by atoms with E-state index in [1.807, 2.05) is 121 Å². The van der Waals surface area contributed by atoms with Gasteiger partial charge in [0.1, 0.15) is 0 Å². The van der Waals surface area contributed by atoms with Crippen LogP contribution in [0.5, 0.6) is 0 Å². The fraction of sp³-hybridized carbons (Fsp3) is 0.0769. The van der Waals surface area contributed by atoms with Crippen molar-refractivity contribution < 1.29 is 17.7 Å². The molecule has 32 heavy (non-hydrogen) atoms. The summed E-state index contributed by atoms with van der Waals surface area (Å²) in [6.07, 6.45) is -4.49. The molecule has 0 saturated heterocycles. The van der Waals surface area contributed by atoms with Gasteiger partial charge >= 0.3 is 190 Å². The predicted octanol–water partition coefficient (Wildman–Crippen LogP) is 6.72. The number of benzene rings is 4. The maximum atomic E-state index is 13.7. The van der Waals surface area contributed by atoms with Crippen LogP contribution in [-0.4, -0.2) is 12.8 Å². The Morgan fingerprint density at radius 3 is 1.25 bits per heavy atom. The first-order valence-corrected chi connectivity index (χ1v) is 13.7. The van der Waals surface area contributed by atoms with Crippen molar-refractivity contribution in [1.82, 2.24) is 0 Å². The molecular formula is C26H22F3OPS. The van der Waals surface area contributed by atoms with Crippen LogP contribution in [0.1, 0.15) is 0 Å². The van der Waals surface area contributed by atoms with E-state index >= 15 is 0 Å². The minimum absolute atomic E-state index is 0.731. The van der Waals surface area contributed by atoms with Crippen LogP contribution in [0.4, 0.5) is 13.2 Å². The fourth-order valence-corrected chi connectivity index (χ4v) is 12.7. The van der Waals surface area contributed by atoms with Crippen LogP contribution in [0, 0.1) is 0 Å². The molecule has 0 saturated carbocycles. The molecule has 0 aliphatic carbocycles. The quantitative estimate of drug-likeness (QED) is 0.278. The summed E-state index contributed by atoms with van der Waals surface area (Å²) in [6.45, 7) is -1.36. The van der Waals surface area contributed by atoms with Crippen LogP contribution in [0.2, 0.25) is 0 Å². The van der Waals surface area contributed by atoms with Gasteiger partial charge in [-0.25, -0.2) is 0 Å². The second kappa shape index (κ2) is 9.11. The third-order valence-electron chi connectivity index (χ3n) is 5.17. The van der Waals surface area contributed by atoms with Gasteiger partial charge in [-0.05, 0) is 0 Å². The number of halogens is 3. The summed E-state index contributed by atoms with van der Waals surface area (Å²) in [5.74, 6) is 0. The van der Waals surface area contributed by atoms with Gasteiger partial charge in [0.25, 0.3) is 0 Å². The zero-order valence-corrected chi connectivity index (χ0v) is 18.9. The van der Waals surface area contributed by atoms with E-state index in [0.717, 1.165) is 20.8 Å². The van der Waals surface area contributed by atoms with Crippen LogP contribution >= 0.6 is 17.4 Å². The number of rotatable bonds is 7. The molecule has 0 unspecified atom stereocenters. The third-order valence-corrected chi connectivity index (χ3v) is 14.2. The first kappa shape index (κ1) is 22.6. The molecule has 0 amide bonds. The van der Waals surface area contributed by atoms with E-state index in [9.17, 15) is 13.2 Å². The van der Waals surface area contributed by atoms with Crippen LogP contribution in [-0.2, 0) is 4.52 Å². The third kappa shape index (κ3) is 4.21. The number of hydrogen-bond donors (Lipinski definition) is 0. The normalized spacial score (nSPS) is 13.3. The van der Waals surface area contributed by atoms with Crippen molar-refractivity contribution in [3.05, 3.63) is 121 Å². The molecule has 1 nitrogen and oxygen atoms in total. The molecule has 0 heterocycles. The molecule has 6 heteroatoms. The topological polar surface area (TPSA) is 9.23 Å². The van der Waals surface area contributed by atoms with Crippen molar-refractivity contribution in [2.45, 2.75) is 11.1 Å². The van der Waals surface area contributed by atoms with E-state index in [-0.39, 0.29) is 0 Å². The monoisotopic (exact) mass is 470 g/mol. The van der Waals surface area contributed by atoms with Gasteiger partial charge in [0.2, 0.25) is 0 Å². The molecule has 0 radical (unpaired) electrons. The zero-order valence-electron chi connectivity index (χ0n) is 17.2. The Labute approximate surface area is 190 Å². The summed E-state index contributed by atoms with van der Waals surface area (Å²) >= 11 is 1.39. The molecule has 0 aromatic heterocycles. The molecule has 0 aliphatic rings. The number of alkyl halides is 3. The van der Waals surface area contributed by atoms with E-state index in [2.05, 4.69) is 0 Å². The molecule has 164 valence electrons. The molecule has 0 spiro atoms. The van der Waals surface area contributed by atoms with Crippen LogP contribution < -0.4 is 15.9 Å². The van der Waals surface area contributed by atoms with Crippen LogP contribution in [0.15, 0.2) is 126 Å². The van der Waals surface area contributed by atoms with E-state index in [1.165, 1.54) is 11.4 Å². The van der Waals surface area contributed by atoms with E-state index in [4.69, 9.17) is 4.52 Å². The minimum atomic E-state index is -4.49. The second-order valence-electron chi connectivity index (χ2n) is 7.26. The van der Waals surface area contributed by atoms with E-state index < -0.39 is 18.8 Å². The van der Waals surface area contributed by atoms with Crippen LogP contribution in [0.25, 0.3) is 0 Å². The predicted molar refractivity (Wildman–Crippen MR) is 129 cm³/mol. The Balaban J connectivity index is 2.14. The fourth-order valence-electron chi connectivity index (χ4n) is 3.83. The summed E-state index contributed by atoms with van der Waals surface area (Å²) in [5.41, 5.74) is 0.